The predicted octanol–water partition coefficient (Wildman–Crippen LogP) is 3.68. The highest BCUT2D eigenvalue weighted by Crippen LogP contribution is 2.40. The minimum absolute atomic E-state index is 0.107. The molecule has 0 aromatic heterocycles. The lowest BCUT2D eigenvalue weighted by molar-refractivity contribution is 0.0289. The number of nitrogens with one attached hydrogen (secondary N) is 1. The van der Waals surface area contributed by atoms with Crippen molar-refractivity contribution in [3.8, 4) is 23.0 Å². The number of hydrogen-bond acceptors (Lipinski definition) is 5. The summed E-state index contributed by atoms with van der Waals surface area (Å²) in [4.78, 5) is 0. The predicted molar refractivity (Wildman–Crippen MR) is 97.4 cm³/mol. The highest BCUT2D eigenvalue weighted by Gasteiger charge is 2.20. The minimum Gasteiger partial charge on any atom is -0.493 e. The van der Waals surface area contributed by atoms with Crippen LogP contribution in [0.5, 0.6) is 23.0 Å². The van der Waals surface area contributed by atoms with Crippen molar-refractivity contribution in [2.45, 2.75) is 12.5 Å². The van der Waals surface area contributed by atoms with Crippen LogP contribution in [0.1, 0.15) is 5.56 Å². The molecule has 0 spiro atoms. The van der Waals surface area contributed by atoms with Gasteiger partial charge in [-0.2, -0.15) is 0 Å². The lowest BCUT2D eigenvalue weighted by atomic mass is 10.1. The van der Waals surface area contributed by atoms with Gasteiger partial charge < -0.3 is 24.3 Å². The number of rotatable bonds is 6. The molecule has 3 rings (SSSR count). The number of halogens is 1. The molecule has 0 radical (unpaired) electrons. The quantitative estimate of drug-likeness (QED) is 0.848. The van der Waals surface area contributed by atoms with Crippen LogP contribution in [0.2, 0.25) is 5.02 Å². The van der Waals surface area contributed by atoms with Crippen molar-refractivity contribution in [3.63, 3.8) is 0 Å². The Hall–Kier alpha value is -1.95. The zero-order valence-electron chi connectivity index (χ0n) is 14.4. The van der Waals surface area contributed by atoms with E-state index in [0.29, 0.717) is 28.0 Å². The second-order valence-corrected chi connectivity index (χ2v) is 6.18. The Labute approximate surface area is 152 Å². The molecule has 1 aliphatic rings. The fraction of sp³-hybridized carbons (Fsp3) is 0.368. The van der Waals surface area contributed by atoms with Gasteiger partial charge >= 0.3 is 0 Å². The summed E-state index contributed by atoms with van der Waals surface area (Å²) in [7, 11) is 3.22. The molecular weight excluding hydrogens is 342 g/mol. The summed E-state index contributed by atoms with van der Waals surface area (Å²) in [5.74, 6) is 2.48. The number of morpholine rings is 1. The third-order valence-corrected chi connectivity index (χ3v) is 4.31. The van der Waals surface area contributed by atoms with E-state index in [4.69, 9.17) is 30.5 Å². The highest BCUT2D eigenvalue weighted by atomic mass is 35.5. The summed E-state index contributed by atoms with van der Waals surface area (Å²) in [6, 6.07) is 11.1. The molecule has 0 unspecified atom stereocenters. The molecule has 1 atom stereocenters. The number of methoxy groups -OCH3 is 2. The van der Waals surface area contributed by atoms with Crippen molar-refractivity contribution in [2.24, 2.45) is 0 Å². The van der Waals surface area contributed by atoms with Crippen LogP contribution in [0.25, 0.3) is 0 Å². The molecule has 5 nitrogen and oxygen atoms in total. The summed E-state index contributed by atoms with van der Waals surface area (Å²) in [5, 5.41) is 3.93. The van der Waals surface area contributed by atoms with E-state index in [1.54, 1.807) is 32.4 Å². The van der Waals surface area contributed by atoms with Gasteiger partial charge in [0.05, 0.1) is 26.9 Å². The van der Waals surface area contributed by atoms with E-state index < -0.39 is 0 Å². The standard InChI is InChI=1S/C19H22ClNO4/c1-22-17-5-3-4-13(10-15-12-21-8-9-24-15)19(17)25-16-7-6-14(20)11-18(16)23-2/h3-7,11,15,21H,8-10,12H2,1-2H3/t15-/m0/s1. The average molecular weight is 364 g/mol. The van der Waals surface area contributed by atoms with Crippen molar-refractivity contribution in [3.05, 3.63) is 47.0 Å². The monoisotopic (exact) mass is 363 g/mol. The van der Waals surface area contributed by atoms with Gasteiger partial charge in [0.2, 0.25) is 0 Å². The van der Waals surface area contributed by atoms with Gasteiger partial charge in [-0.3, -0.25) is 0 Å². The normalized spacial score (nSPS) is 17.2. The average Bonchev–Trinajstić information content (AvgIpc) is 2.65. The molecule has 0 amide bonds. The minimum atomic E-state index is 0.107. The van der Waals surface area contributed by atoms with Crippen molar-refractivity contribution >= 4 is 11.6 Å². The van der Waals surface area contributed by atoms with Crippen LogP contribution in [0.4, 0.5) is 0 Å². The summed E-state index contributed by atoms with van der Waals surface area (Å²) in [6.45, 7) is 2.43. The molecule has 1 heterocycles. The van der Waals surface area contributed by atoms with Crippen LogP contribution < -0.4 is 19.5 Å². The second kappa shape index (κ2) is 8.43. The summed E-state index contributed by atoms with van der Waals surface area (Å²) < 4.78 is 22.9. The van der Waals surface area contributed by atoms with Crippen molar-refractivity contribution < 1.29 is 18.9 Å². The van der Waals surface area contributed by atoms with Crippen LogP contribution in [0, 0.1) is 0 Å². The largest absolute Gasteiger partial charge is 0.493 e. The maximum Gasteiger partial charge on any atom is 0.172 e. The first kappa shape index (κ1) is 17.9. The van der Waals surface area contributed by atoms with Crippen molar-refractivity contribution in [2.75, 3.05) is 33.9 Å². The Balaban J connectivity index is 1.91. The van der Waals surface area contributed by atoms with Crippen LogP contribution in [-0.2, 0) is 11.2 Å². The second-order valence-electron chi connectivity index (χ2n) is 5.75. The SMILES string of the molecule is COc1cc(Cl)ccc1Oc1c(C[C@H]2CNCCO2)cccc1OC. The van der Waals surface area contributed by atoms with E-state index in [9.17, 15) is 0 Å². The van der Waals surface area contributed by atoms with Crippen LogP contribution in [0.3, 0.4) is 0 Å². The molecule has 2 aromatic rings. The number of para-hydroxylation sites is 1. The zero-order chi connectivity index (χ0) is 17.6. The van der Waals surface area contributed by atoms with Crippen LogP contribution in [-0.4, -0.2) is 40.0 Å². The fourth-order valence-electron chi connectivity index (χ4n) is 2.83. The lowest BCUT2D eigenvalue weighted by Crippen LogP contribution is -2.39. The Morgan fingerprint density at radius 2 is 1.96 bits per heavy atom. The maximum atomic E-state index is 6.17. The molecular formula is C19H22ClNO4. The molecule has 0 bridgehead atoms. The topological polar surface area (TPSA) is 49.0 Å². The number of benzene rings is 2. The van der Waals surface area contributed by atoms with Crippen LogP contribution in [0.15, 0.2) is 36.4 Å². The summed E-state index contributed by atoms with van der Waals surface area (Å²) in [5.41, 5.74) is 1.02. The molecule has 6 heteroatoms. The molecule has 0 saturated carbocycles. The molecule has 25 heavy (non-hydrogen) atoms. The van der Waals surface area contributed by atoms with Crippen LogP contribution >= 0.6 is 11.6 Å². The van der Waals surface area contributed by atoms with Gasteiger partial charge in [0.1, 0.15) is 0 Å². The molecule has 1 fully saturated rings. The first-order valence-corrected chi connectivity index (χ1v) is 8.58. The smallest absolute Gasteiger partial charge is 0.172 e. The summed E-state index contributed by atoms with van der Waals surface area (Å²) >= 11 is 6.03. The first-order chi connectivity index (χ1) is 12.2. The maximum absolute atomic E-state index is 6.17. The lowest BCUT2D eigenvalue weighted by Gasteiger charge is -2.25. The Morgan fingerprint density at radius 3 is 2.68 bits per heavy atom. The van der Waals surface area contributed by atoms with E-state index >= 15 is 0 Å². The Morgan fingerprint density at radius 1 is 1.12 bits per heavy atom. The molecule has 134 valence electrons. The van der Waals surface area contributed by atoms with Gasteiger partial charge in [-0.1, -0.05) is 23.7 Å². The van der Waals surface area contributed by atoms with E-state index in [0.717, 1.165) is 31.7 Å². The van der Waals surface area contributed by atoms with Crippen molar-refractivity contribution in [1.82, 2.24) is 5.32 Å². The molecule has 1 N–H and O–H groups in total. The fourth-order valence-corrected chi connectivity index (χ4v) is 2.99. The van der Waals surface area contributed by atoms with E-state index in [1.165, 1.54) is 0 Å². The summed E-state index contributed by atoms with van der Waals surface area (Å²) in [6.07, 6.45) is 0.838. The molecule has 2 aromatic carbocycles. The number of ether oxygens (including phenoxy) is 4. The highest BCUT2D eigenvalue weighted by molar-refractivity contribution is 6.30. The molecule has 1 saturated heterocycles. The first-order valence-electron chi connectivity index (χ1n) is 8.21. The third-order valence-electron chi connectivity index (χ3n) is 4.07. The Kier molecular flexibility index (Phi) is 6.02. The van der Waals surface area contributed by atoms with Gasteiger partial charge in [-0.05, 0) is 18.2 Å². The molecule has 1 aliphatic heterocycles. The van der Waals surface area contributed by atoms with Gasteiger partial charge in [-0.15, -0.1) is 0 Å². The van der Waals surface area contributed by atoms with E-state index in [-0.39, 0.29) is 6.10 Å². The third kappa shape index (κ3) is 4.37. The van der Waals surface area contributed by atoms with Gasteiger partial charge in [0.25, 0.3) is 0 Å². The van der Waals surface area contributed by atoms with Crippen molar-refractivity contribution in [1.29, 1.82) is 0 Å². The van der Waals surface area contributed by atoms with Gasteiger partial charge in [-0.25, -0.2) is 0 Å². The number of hydrogen-bond donors (Lipinski definition) is 1. The zero-order valence-corrected chi connectivity index (χ0v) is 15.1. The molecule has 0 aliphatic carbocycles. The van der Waals surface area contributed by atoms with E-state index in [1.807, 2.05) is 18.2 Å². The van der Waals surface area contributed by atoms with Gasteiger partial charge in [0, 0.05) is 36.2 Å². The van der Waals surface area contributed by atoms with Gasteiger partial charge in [0.15, 0.2) is 23.0 Å². The Bertz CT molecular complexity index is 717. The van der Waals surface area contributed by atoms with E-state index in [2.05, 4.69) is 5.32 Å².